The number of carbonyl (C=O) groups excluding carboxylic acids is 5. The number of aromatic nitrogens is 1. The minimum atomic E-state index is -0.900. The fourth-order valence-corrected chi connectivity index (χ4v) is 7.77. The number of thiazole rings is 1. The van der Waals surface area contributed by atoms with E-state index in [0.717, 1.165) is 32.1 Å². The second kappa shape index (κ2) is 15.1. The topological polar surface area (TPSA) is 126 Å². The molecule has 1 aliphatic carbocycles. The van der Waals surface area contributed by atoms with E-state index in [4.69, 9.17) is 4.74 Å². The van der Waals surface area contributed by atoms with Gasteiger partial charge in [0.2, 0.25) is 17.6 Å². The first kappa shape index (κ1) is 35.5. The van der Waals surface area contributed by atoms with Crippen molar-refractivity contribution in [3.63, 3.8) is 0 Å². The molecule has 46 heavy (non-hydrogen) atoms. The zero-order chi connectivity index (χ0) is 33.8. The van der Waals surface area contributed by atoms with Crippen molar-refractivity contribution in [2.24, 2.45) is 5.92 Å². The maximum absolute atomic E-state index is 14.5. The predicted molar refractivity (Wildman–Crippen MR) is 175 cm³/mol. The lowest BCUT2D eigenvalue weighted by molar-refractivity contribution is -0.140. The summed E-state index contributed by atoms with van der Waals surface area (Å²) in [7, 11) is 1.49. The Balaban J connectivity index is 1.59. The van der Waals surface area contributed by atoms with Crippen LogP contribution in [0.3, 0.4) is 0 Å². The molecule has 2 aliphatic rings. The molecule has 1 saturated carbocycles. The van der Waals surface area contributed by atoms with Gasteiger partial charge in [-0.3, -0.25) is 24.1 Å². The summed E-state index contributed by atoms with van der Waals surface area (Å²) in [5.74, 6) is -1.65. The number of likely N-dealkylation sites (tertiary alicyclic amines) is 1. The molecule has 2 fully saturated rings. The first-order valence-corrected chi connectivity index (χ1v) is 17.4. The van der Waals surface area contributed by atoms with Crippen molar-refractivity contribution in [3.8, 4) is 0 Å². The van der Waals surface area contributed by atoms with E-state index < -0.39 is 41.5 Å². The Kier molecular flexibility index (Phi) is 11.6. The molecule has 0 unspecified atom stereocenters. The summed E-state index contributed by atoms with van der Waals surface area (Å²) in [6.45, 7) is 8.59. The monoisotopic (exact) mass is 674 g/mol. The number of hydrogen-bond acceptors (Lipinski definition) is 9. The Bertz CT molecular complexity index is 1440. The van der Waals surface area contributed by atoms with E-state index in [1.165, 1.54) is 66.2 Å². The normalized spacial score (nSPS) is 20.1. The molecule has 1 N–H and O–H groups in total. The highest BCUT2D eigenvalue weighted by molar-refractivity contribution is 8.14. The molecular weight excluding hydrogens is 632 g/mol. The molecule has 13 heteroatoms. The molecule has 1 saturated heterocycles. The van der Waals surface area contributed by atoms with Gasteiger partial charge in [-0.05, 0) is 77.1 Å². The lowest BCUT2D eigenvalue weighted by atomic mass is 9.83. The molecule has 0 radical (unpaired) electrons. The van der Waals surface area contributed by atoms with Crippen molar-refractivity contribution >= 4 is 51.9 Å². The zero-order valence-corrected chi connectivity index (χ0v) is 28.8. The zero-order valence-electron chi connectivity index (χ0n) is 27.2. The molecule has 1 aromatic carbocycles. The van der Waals surface area contributed by atoms with Crippen molar-refractivity contribution in [2.45, 2.75) is 102 Å². The molecule has 0 spiro atoms. The van der Waals surface area contributed by atoms with Crippen molar-refractivity contribution in [2.75, 3.05) is 13.6 Å². The van der Waals surface area contributed by atoms with Gasteiger partial charge in [0.1, 0.15) is 34.2 Å². The Labute approximate surface area is 277 Å². The van der Waals surface area contributed by atoms with Crippen LogP contribution in [-0.2, 0) is 19.1 Å². The van der Waals surface area contributed by atoms with Crippen LogP contribution >= 0.6 is 23.1 Å². The van der Waals surface area contributed by atoms with Crippen LogP contribution in [0.2, 0.25) is 0 Å². The lowest BCUT2D eigenvalue weighted by Crippen LogP contribution is -2.57. The number of rotatable bonds is 9. The van der Waals surface area contributed by atoms with Gasteiger partial charge in [0.15, 0.2) is 5.12 Å². The van der Waals surface area contributed by atoms with Gasteiger partial charge < -0.3 is 15.0 Å². The van der Waals surface area contributed by atoms with Crippen LogP contribution in [0.5, 0.6) is 0 Å². The summed E-state index contributed by atoms with van der Waals surface area (Å²) in [6, 6.07) is 2.99. The van der Waals surface area contributed by atoms with Crippen molar-refractivity contribution in [3.05, 3.63) is 51.7 Å². The van der Waals surface area contributed by atoms with Crippen LogP contribution < -0.4 is 5.32 Å². The Morgan fingerprint density at radius 1 is 1.11 bits per heavy atom. The van der Waals surface area contributed by atoms with Crippen LogP contribution in [0.1, 0.15) is 100 Å². The van der Waals surface area contributed by atoms with E-state index in [-0.39, 0.29) is 40.2 Å². The van der Waals surface area contributed by atoms with Crippen LogP contribution in [0.4, 0.5) is 9.18 Å². The van der Waals surface area contributed by atoms with Crippen LogP contribution in [0, 0.1) is 11.7 Å². The molecular formula is C33H43FN4O6S2. The second-order valence-corrected chi connectivity index (χ2v) is 15.4. The van der Waals surface area contributed by atoms with Crippen molar-refractivity contribution < 1.29 is 33.1 Å². The summed E-state index contributed by atoms with van der Waals surface area (Å²) in [5, 5.41) is 4.91. The third kappa shape index (κ3) is 8.93. The Morgan fingerprint density at radius 3 is 2.37 bits per heavy atom. The Hall–Kier alpha value is -3.32. The van der Waals surface area contributed by atoms with Crippen LogP contribution in [0.25, 0.3) is 0 Å². The summed E-state index contributed by atoms with van der Waals surface area (Å²) in [4.78, 5) is 73.4. The standard InChI is InChI=1S/C33H43FN4O6S2/c1-19(37(6)32(43)44-33(3,4)5)29(41)36-27(21-10-8-7-9-11-21)31(42)38-17-24(46-20(2)39)16-26(38)30-35-25(18-45-30)28(40)22-12-14-23(34)15-13-22/h12-15,18-19,21,24,26-27H,7-11,16-17H2,1-6H3,(H,36,41)/t19-,24+,26-,27-/m0/s1. The van der Waals surface area contributed by atoms with Gasteiger partial charge in [-0.1, -0.05) is 31.0 Å². The average Bonchev–Trinajstić information content (AvgIpc) is 3.65. The molecule has 2 aromatic rings. The molecule has 0 bridgehead atoms. The maximum atomic E-state index is 14.5. The number of halogens is 1. The number of thioether (sulfide) groups is 1. The van der Waals surface area contributed by atoms with Gasteiger partial charge in [-0.2, -0.15) is 0 Å². The molecule has 2 heterocycles. The first-order chi connectivity index (χ1) is 21.6. The summed E-state index contributed by atoms with van der Waals surface area (Å²) >= 11 is 2.42. The molecule has 10 nitrogen and oxygen atoms in total. The average molecular weight is 675 g/mol. The van der Waals surface area contributed by atoms with E-state index in [9.17, 15) is 28.4 Å². The summed E-state index contributed by atoms with van der Waals surface area (Å²) in [6.07, 6.45) is 4.27. The second-order valence-electron chi connectivity index (χ2n) is 13.0. The summed E-state index contributed by atoms with van der Waals surface area (Å²) in [5.41, 5.74) is -0.244. The number of benzene rings is 1. The minimum Gasteiger partial charge on any atom is -0.444 e. The largest absolute Gasteiger partial charge is 0.444 e. The number of carbonyl (C=O) groups is 5. The van der Waals surface area contributed by atoms with E-state index in [2.05, 4.69) is 10.3 Å². The van der Waals surface area contributed by atoms with E-state index in [1.807, 2.05) is 0 Å². The SMILES string of the molecule is CC(=O)S[C@@H]1C[C@@H](c2nc(C(=O)c3ccc(F)cc3)cs2)N(C(=O)[C@@H](NC(=O)[C@H](C)N(C)C(=O)OC(C)(C)C)C2CCCCC2)C1. The van der Waals surface area contributed by atoms with Gasteiger partial charge >= 0.3 is 6.09 Å². The first-order valence-electron chi connectivity index (χ1n) is 15.6. The molecule has 3 amide bonds. The number of nitrogens with zero attached hydrogens (tertiary/aromatic N) is 3. The molecule has 1 aromatic heterocycles. The smallest absolute Gasteiger partial charge is 0.410 e. The molecule has 1 aliphatic heterocycles. The maximum Gasteiger partial charge on any atom is 0.410 e. The molecule has 4 rings (SSSR count). The third-order valence-electron chi connectivity index (χ3n) is 8.35. The highest BCUT2D eigenvalue weighted by Gasteiger charge is 2.44. The van der Waals surface area contributed by atoms with Gasteiger partial charge in [0.05, 0.1) is 6.04 Å². The van der Waals surface area contributed by atoms with Crippen LogP contribution in [0.15, 0.2) is 29.6 Å². The van der Waals surface area contributed by atoms with Crippen molar-refractivity contribution in [1.29, 1.82) is 0 Å². The number of hydrogen-bond donors (Lipinski definition) is 1. The van der Waals surface area contributed by atoms with E-state index in [0.29, 0.717) is 17.0 Å². The van der Waals surface area contributed by atoms with E-state index >= 15 is 0 Å². The van der Waals surface area contributed by atoms with E-state index in [1.54, 1.807) is 38.0 Å². The number of nitrogens with one attached hydrogen (secondary N) is 1. The number of amides is 3. The third-order valence-corrected chi connectivity index (χ3v) is 10.3. The van der Waals surface area contributed by atoms with Gasteiger partial charge in [0.25, 0.3) is 0 Å². The Morgan fingerprint density at radius 2 is 1.76 bits per heavy atom. The number of likely N-dealkylation sites (N-methyl/N-ethyl adjacent to an activating group) is 1. The highest BCUT2D eigenvalue weighted by Crippen LogP contribution is 2.40. The van der Waals surface area contributed by atoms with Gasteiger partial charge in [-0.25, -0.2) is 14.2 Å². The molecule has 4 atom stereocenters. The van der Waals surface area contributed by atoms with Crippen LogP contribution in [-0.4, -0.2) is 80.1 Å². The van der Waals surface area contributed by atoms with Crippen molar-refractivity contribution in [1.82, 2.24) is 20.1 Å². The lowest BCUT2D eigenvalue weighted by Gasteiger charge is -2.36. The molecule has 250 valence electrons. The fourth-order valence-electron chi connectivity index (χ4n) is 5.86. The predicted octanol–water partition coefficient (Wildman–Crippen LogP) is 5.76. The highest BCUT2D eigenvalue weighted by atomic mass is 32.2. The minimum absolute atomic E-state index is 0.0690. The number of ketones is 1. The van der Waals surface area contributed by atoms with Gasteiger partial charge in [0, 0.05) is 36.7 Å². The summed E-state index contributed by atoms with van der Waals surface area (Å²) < 4.78 is 18.9. The van der Waals surface area contributed by atoms with Gasteiger partial charge in [-0.15, -0.1) is 11.3 Å². The quantitative estimate of drug-likeness (QED) is 0.333. The fraction of sp³-hybridized carbons (Fsp3) is 0.576. The number of ether oxygens (including phenoxy) is 1.